The summed E-state index contributed by atoms with van der Waals surface area (Å²) in [7, 11) is -4.07. The Morgan fingerprint density at radius 1 is 0.895 bits per heavy atom. The Labute approximate surface area is 226 Å². The van der Waals surface area contributed by atoms with E-state index in [-0.39, 0.29) is 17.3 Å². The number of carbonyl (C=O) groups excluding carboxylic acids is 2. The molecule has 0 aliphatic rings. The Hall–Kier alpha value is -3.65. The van der Waals surface area contributed by atoms with Gasteiger partial charge >= 0.3 is 0 Å². The summed E-state index contributed by atoms with van der Waals surface area (Å²) in [6, 6.07) is 20.8. The molecule has 0 heterocycles. The van der Waals surface area contributed by atoms with Gasteiger partial charge in [-0.25, -0.2) is 8.42 Å². The molecule has 0 aliphatic heterocycles. The maximum absolute atomic E-state index is 13.9. The van der Waals surface area contributed by atoms with E-state index in [9.17, 15) is 18.0 Å². The second kappa shape index (κ2) is 12.7. The van der Waals surface area contributed by atoms with Crippen LogP contribution < -0.4 is 9.62 Å². The molecule has 1 N–H and O–H groups in total. The number of hydrogen-bond acceptors (Lipinski definition) is 4. The predicted molar refractivity (Wildman–Crippen MR) is 152 cm³/mol. The van der Waals surface area contributed by atoms with Crippen LogP contribution in [0.2, 0.25) is 0 Å². The monoisotopic (exact) mass is 535 g/mol. The average Bonchev–Trinajstić information content (AvgIpc) is 2.90. The molecule has 2 amide bonds. The summed E-state index contributed by atoms with van der Waals surface area (Å²) in [4.78, 5) is 28.1. The summed E-state index contributed by atoms with van der Waals surface area (Å²) in [5, 5.41) is 2.77. The molecule has 0 radical (unpaired) electrons. The van der Waals surface area contributed by atoms with Crippen LogP contribution in [0.3, 0.4) is 0 Å². The summed E-state index contributed by atoms with van der Waals surface area (Å²) < 4.78 is 28.9. The number of benzene rings is 3. The van der Waals surface area contributed by atoms with Gasteiger partial charge in [0.1, 0.15) is 12.6 Å². The van der Waals surface area contributed by atoms with Gasteiger partial charge < -0.3 is 10.2 Å². The van der Waals surface area contributed by atoms with Gasteiger partial charge in [-0.3, -0.25) is 13.9 Å². The fraction of sp³-hybridized carbons (Fsp3) is 0.333. The minimum atomic E-state index is -4.07. The van der Waals surface area contributed by atoms with Crippen LogP contribution in [0.25, 0.3) is 0 Å². The normalized spacial score (nSPS) is 12.0. The minimum Gasteiger partial charge on any atom is -0.355 e. The molecule has 38 heavy (non-hydrogen) atoms. The summed E-state index contributed by atoms with van der Waals surface area (Å²) in [6.45, 7) is 9.49. The molecule has 7 nitrogen and oxygen atoms in total. The number of anilines is 1. The lowest BCUT2D eigenvalue weighted by atomic mass is 10.1. The maximum Gasteiger partial charge on any atom is 0.264 e. The van der Waals surface area contributed by atoms with Crippen molar-refractivity contribution in [1.82, 2.24) is 10.2 Å². The van der Waals surface area contributed by atoms with Crippen LogP contribution in [-0.2, 0) is 26.0 Å². The smallest absolute Gasteiger partial charge is 0.264 e. The first-order chi connectivity index (χ1) is 18.0. The number of aryl methyl sites for hydroxylation is 3. The fourth-order valence-electron chi connectivity index (χ4n) is 4.14. The molecule has 0 aromatic heterocycles. The maximum atomic E-state index is 13.9. The number of nitrogens with zero attached hydrogens (tertiary/aromatic N) is 2. The van der Waals surface area contributed by atoms with Gasteiger partial charge in [0, 0.05) is 13.1 Å². The van der Waals surface area contributed by atoms with Gasteiger partial charge in [0.2, 0.25) is 11.8 Å². The van der Waals surface area contributed by atoms with Crippen molar-refractivity contribution in [2.75, 3.05) is 23.9 Å². The lowest BCUT2D eigenvalue weighted by Crippen LogP contribution is -2.52. The largest absolute Gasteiger partial charge is 0.355 e. The molecule has 1 atom stereocenters. The molecule has 0 fully saturated rings. The Kier molecular flexibility index (Phi) is 9.69. The summed E-state index contributed by atoms with van der Waals surface area (Å²) in [6.07, 6.45) is 0.532. The first kappa shape index (κ1) is 28.9. The van der Waals surface area contributed by atoms with Crippen molar-refractivity contribution in [3.8, 4) is 0 Å². The van der Waals surface area contributed by atoms with Crippen LogP contribution in [-0.4, -0.2) is 50.8 Å². The van der Waals surface area contributed by atoms with E-state index in [4.69, 9.17) is 0 Å². The highest BCUT2D eigenvalue weighted by molar-refractivity contribution is 7.92. The van der Waals surface area contributed by atoms with Gasteiger partial charge in [0.25, 0.3) is 10.0 Å². The Morgan fingerprint density at radius 2 is 1.55 bits per heavy atom. The van der Waals surface area contributed by atoms with Gasteiger partial charge in [-0.05, 0) is 82.0 Å². The number of hydrogen-bond donors (Lipinski definition) is 1. The number of carbonyl (C=O) groups is 2. The number of rotatable bonds is 11. The number of sulfonamides is 1. The van der Waals surface area contributed by atoms with Crippen molar-refractivity contribution >= 4 is 27.5 Å². The topological polar surface area (TPSA) is 86.8 Å². The molecule has 1 unspecified atom stereocenters. The van der Waals surface area contributed by atoms with Gasteiger partial charge in [-0.1, -0.05) is 54.1 Å². The van der Waals surface area contributed by atoms with Crippen LogP contribution >= 0.6 is 0 Å². The van der Waals surface area contributed by atoms with Crippen LogP contribution in [0.15, 0.2) is 77.7 Å². The van der Waals surface area contributed by atoms with E-state index >= 15 is 0 Å². The zero-order chi connectivity index (χ0) is 27.9. The van der Waals surface area contributed by atoms with E-state index in [1.807, 2.05) is 64.1 Å². The molecular weight excluding hydrogens is 498 g/mol. The quantitative estimate of drug-likeness (QED) is 0.394. The minimum absolute atomic E-state index is 0.0988. The van der Waals surface area contributed by atoms with Crippen LogP contribution in [0, 0.1) is 20.8 Å². The first-order valence-corrected chi connectivity index (χ1v) is 14.3. The van der Waals surface area contributed by atoms with E-state index in [1.165, 1.54) is 4.90 Å². The number of amides is 2. The van der Waals surface area contributed by atoms with Crippen molar-refractivity contribution in [3.05, 3.63) is 95.1 Å². The predicted octanol–water partition coefficient (Wildman–Crippen LogP) is 4.40. The Bertz CT molecular complexity index is 1360. The van der Waals surface area contributed by atoms with Crippen molar-refractivity contribution < 1.29 is 18.0 Å². The SMILES string of the molecule is CCNC(=O)C(C)N(CCc1ccccc1)C(=O)CN(c1ccc(C)c(C)c1)S(=O)(=O)c1ccc(C)cc1. The first-order valence-electron chi connectivity index (χ1n) is 12.8. The van der Waals surface area contributed by atoms with Crippen molar-refractivity contribution in [1.29, 1.82) is 0 Å². The molecule has 0 aliphatic carbocycles. The molecule has 202 valence electrons. The third-order valence-corrected chi connectivity index (χ3v) is 8.46. The number of nitrogens with one attached hydrogen (secondary N) is 1. The lowest BCUT2D eigenvalue weighted by molar-refractivity contribution is -0.138. The summed E-state index contributed by atoms with van der Waals surface area (Å²) in [5.74, 6) is -0.735. The molecule has 0 spiro atoms. The van der Waals surface area contributed by atoms with Gasteiger partial charge in [-0.15, -0.1) is 0 Å². The second-order valence-corrected chi connectivity index (χ2v) is 11.3. The molecular formula is C30H37N3O4S. The third-order valence-electron chi connectivity index (χ3n) is 6.67. The average molecular weight is 536 g/mol. The fourth-order valence-corrected chi connectivity index (χ4v) is 5.54. The standard InChI is InChI=1S/C30H37N3O4S/c1-6-31-30(35)25(5)32(19-18-26-10-8-7-9-11-26)29(34)21-33(27-15-14-23(3)24(4)20-27)38(36,37)28-16-12-22(2)13-17-28/h7-17,20,25H,6,18-19,21H2,1-5H3,(H,31,35). The summed E-state index contributed by atoms with van der Waals surface area (Å²) in [5.41, 5.74) is 4.28. The van der Waals surface area contributed by atoms with Crippen molar-refractivity contribution in [3.63, 3.8) is 0 Å². The highest BCUT2D eigenvalue weighted by atomic mass is 32.2. The van der Waals surface area contributed by atoms with Crippen LogP contribution in [0.4, 0.5) is 5.69 Å². The Morgan fingerprint density at radius 3 is 2.16 bits per heavy atom. The number of likely N-dealkylation sites (N-methyl/N-ethyl adjacent to an activating group) is 1. The zero-order valence-corrected chi connectivity index (χ0v) is 23.6. The van der Waals surface area contributed by atoms with Gasteiger partial charge in [0.05, 0.1) is 10.6 Å². The van der Waals surface area contributed by atoms with Gasteiger partial charge in [-0.2, -0.15) is 0 Å². The van der Waals surface area contributed by atoms with E-state index in [0.29, 0.717) is 18.7 Å². The van der Waals surface area contributed by atoms with E-state index in [0.717, 1.165) is 26.6 Å². The molecule has 0 saturated heterocycles. The second-order valence-electron chi connectivity index (χ2n) is 9.49. The zero-order valence-electron chi connectivity index (χ0n) is 22.8. The van der Waals surface area contributed by atoms with Crippen LogP contribution in [0.1, 0.15) is 36.1 Å². The van der Waals surface area contributed by atoms with Crippen molar-refractivity contribution in [2.24, 2.45) is 0 Å². The van der Waals surface area contributed by atoms with E-state index in [2.05, 4.69) is 5.32 Å². The Balaban J connectivity index is 2.00. The highest BCUT2D eigenvalue weighted by Crippen LogP contribution is 2.26. The highest BCUT2D eigenvalue weighted by Gasteiger charge is 2.32. The molecule has 0 bridgehead atoms. The lowest BCUT2D eigenvalue weighted by Gasteiger charge is -2.32. The molecule has 0 saturated carbocycles. The summed E-state index contributed by atoms with van der Waals surface area (Å²) >= 11 is 0. The van der Waals surface area contributed by atoms with E-state index in [1.54, 1.807) is 43.3 Å². The molecule has 3 aromatic rings. The third kappa shape index (κ3) is 7.01. The van der Waals surface area contributed by atoms with E-state index < -0.39 is 28.5 Å². The van der Waals surface area contributed by atoms with Crippen LogP contribution in [0.5, 0.6) is 0 Å². The van der Waals surface area contributed by atoms with Crippen molar-refractivity contribution in [2.45, 2.75) is 52.0 Å². The molecule has 3 aromatic carbocycles. The molecule has 8 heteroatoms. The van der Waals surface area contributed by atoms with Gasteiger partial charge in [0.15, 0.2) is 0 Å². The molecule has 3 rings (SSSR count).